The van der Waals surface area contributed by atoms with Gasteiger partial charge in [-0.1, -0.05) is 30.3 Å². The molecule has 0 aliphatic carbocycles. The number of fused-ring (bicyclic) bond motifs is 1. The second kappa shape index (κ2) is 12.7. The summed E-state index contributed by atoms with van der Waals surface area (Å²) in [6.07, 6.45) is 0. The van der Waals surface area contributed by atoms with Crippen LogP contribution in [0.2, 0.25) is 0 Å². The molecule has 3 aromatic carbocycles. The maximum Gasteiger partial charge on any atom is 0.264 e. The molecule has 0 aromatic heterocycles. The van der Waals surface area contributed by atoms with E-state index in [1.54, 1.807) is 68.6 Å². The second-order valence-corrected chi connectivity index (χ2v) is 12.8. The van der Waals surface area contributed by atoms with Crippen LogP contribution in [0.3, 0.4) is 0 Å². The molecule has 0 saturated carbocycles. The van der Waals surface area contributed by atoms with Crippen LogP contribution in [-0.2, 0) is 26.2 Å². The maximum atomic E-state index is 14.1. The van der Waals surface area contributed by atoms with Crippen LogP contribution in [-0.4, -0.2) is 63.6 Å². The van der Waals surface area contributed by atoms with Gasteiger partial charge in [0.2, 0.25) is 11.8 Å². The molecule has 1 aliphatic heterocycles. The van der Waals surface area contributed by atoms with Crippen molar-refractivity contribution in [3.05, 3.63) is 78.4 Å². The second-order valence-electron chi connectivity index (χ2n) is 10.9. The monoisotopic (exact) mass is 595 g/mol. The van der Waals surface area contributed by atoms with Crippen LogP contribution in [0.1, 0.15) is 33.3 Å². The topological polar surface area (TPSA) is 114 Å². The first-order valence-electron chi connectivity index (χ1n) is 13.6. The van der Waals surface area contributed by atoms with Gasteiger partial charge in [0.15, 0.2) is 11.5 Å². The Morgan fingerprint density at radius 2 is 1.64 bits per heavy atom. The van der Waals surface area contributed by atoms with E-state index in [2.05, 4.69) is 5.32 Å². The number of methoxy groups -OCH3 is 1. The van der Waals surface area contributed by atoms with E-state index in [0.717, 1.165) is 9.87 Å². The van der Waals surface area contributed by atoms with Crippen LogP contribution < -0.4 is 23.8 Å². The van der Waals surface area contributed by atoms with E-state index in [9.17, 15) is 18.0 Å². The molecule has 1 aliphatic rings. The third kappa shape index (κ3) is 7.33. The van der Waals surface area contributed by atoms with E-state index in [0.29, 0.717) is 30.5 Å². The molecule has 1 unspecified atom stereocenters. The zero-order chi connectivity index (χ0) is 30.5. The van der Waals surface area contributed by atoms with Crippen molar-refractivity contribution in [3.63, 3.8) is 0 Å². The molecule has 4 rings (SSSR count). The van der Waals surface area contributed by atoms with Gasteiger partial charge in [0.25, 0.3) is 10.0 Å². The number of amides is 2. The largest absolute Gasteiger partial charge is 0.497 e. The fourth-order valence-corrected chi connectivity index (χ4v) is 5.89. The average molecular weight is 596 g/mol. The Labute approximate surface area is 247 Å². The molecule has 2 amide bonds. The molecular formula is C31H37N3O7S. The van der Waals surface area contributed by atoms with Gasteiger partial charge in [-0.05, 0) is 69.7 Å². The van der Waals surface area contributed by atoms with E-state index in [1.807, 2.05) is 26.8 Å². The van der Waals surface area contributed by atoms with Crippen LogP contribution in [0.15, 0.2) is 77.7 Å². The maximum absolute atomic E-state index is 14.1. The SMILES string of the molecule is COc1cccc(CN(C(=O)CN(c2ccc3c(c2)OCCO3)S(=O)(=O)c2ccccc2)C(C)C(=O)NC(C)(C)C)c1. The fraction of sp³-hybridized carbons (Fsp3) is 0.355. The summed E-state index contributed by atoms with van der Waals surface area (Å²) in [6, 6.07) is 18.9. The predicted octanol–water partition coefficient (Wildman–Crippen LogP) is 3.99. The Morgan fingerprint density at radius 1 is 0.952 bits per heavy atom. The molecule has 0 fully saturated rings. The van der Waals surface area contributed by atoms with E-state index in [1.165, 1.54) is 17.0 Å². The lowest BCUT2D eigenvalue weighted by molar-refractivity contribution is -0.140. The van der Waals surface area contributed by atoms with Crippen molar-refractivity contribution in [2.75, 3.05) is 31.2 Å². The predicted molar refractivity (Wildman–Crippen MR) is 159 cm³/mol. The summed E-state index contributed by atoms with van der Waals surface area (Å²) >= 11 is 0. The minimum Gasteiger partial charge on any atom is -0.497 e. The van der Waals surface area contributed by atoms with Gasteiger partial charge in [0.1, 0.15) is 31.5 Å². The van der Waals surface area contributed by atoms with Gasteiger partial charge in [-0.3, -0.25) is 13.9 Å². The summed E-state index contributed by atoms with van der Waals surface area (Å²) in [5, 5.41) is 2.92. The number of carbonyl (C=O) groups is 2. The zero-order valence-corrected chi connectivity index (χ0v) is 25.3. The van der Waals surface area contributed by atoms with Gasteiger partial charge in [0, 0.05) is 18.2 Å². The van der Waals surface area contributed by atoms with E-state index in [-0.39, 0.29) is 23.0 Å². The first kappa shape index (κ1) is 30.7. The third-order valence-corrected chi connectivity index (χ3v) is 8.36. The quantitative estimate of drug-likeness (QED) is 0.377. The molecule has 42 heavy (non-hydrogen) atoms. The number of nitrogens with zero attached hydrogens (tertiary/aromatic N) is 2. The number of rotatable bonds is 10. The lowest BCUT2D eigenvalue weighted by Crippen LogP contribution is -2.54. The minimum absolute atomic E-state index is 0.0190. The molecule has 0 spiro atoms. The van der Waals surface area contributed by atoms with Gasteiger partial charge >= 0.3 is 0 Å². The summed E-state index contributed by atoms with van der Waals surface area (Å²) in [5.74, 6) is 0.529. The number of benzene rings is 3. The normalized spacial score (nSPS) is 13.5. The number of hydrogen-bond acceptors (Lipinski definition) is 7. The Kier molecular flexibility index (Phi) is 9.30. The average Bonchev–Trinajstić information content (AvgIpc) is 2.97. The molecule has 0 bridgehead atoms. The number of sulfonamides is 1. The Hall–Kier alpha value is -4.25. The lowest BCUT2D eigenvalue weighted by Gasteiger charge is -2.33. The number of carbonyl (C=O) groups excluding carboxylic acids is 2. The summed E-state index contributed by atoms with van der Waals surface area (Å²) < 4.78 is 45.6. The molecule has 0 radical (unpaired) electrons. The van der Waals surface area contributed by atoms with Crippen molar-refractivity contribution in [1.29, 1.82) is 0 Å². The highest BCUT2D eigenvalue weighted by atomic mass is 32.2. The van der Waals surface area contributed by atoms with Crippen molar-refractivity contribution in [2.24, 2.45) is 0 Å². The number of hydrogen-bond donors (Lipinski definition) is 1. The van der Waals surface area contributed by atoms with Gasteiger partial charge in [-0.25, -0.2) is 8.42 Å². The molecule has 224 valence electrons. The molecule has 1 heterocycles. The summed E-state index contributed by atoms with van der Waals surface area (Å²) in [5.41, 5.74) is 0.406. The van der Waals surface area contributed by atoms with Crippen LogP contribution in [0, 0.1) is 0 Å². The van der Waals surface area contributed by atoms with Gasteiger partial charge in [0.05, 0.1) is 17.7 Å². The van der Waals surface area contributed by atoms with E-state index >= 15 is 0 Å². The standard InChI is InChI=1S/C31H37N3O7S/c1-22(30(36)32-31(2,3)4)33(20-23-10-9-11-25(18-23)39-5)29(35)21-34(42(37,38)26-12-7-6-8-13-26)24-14-15-27-28(19-24)41-17-16-40-27/h6-15,18-19,22H,16-17,20-21H2,1-5H3,(H,32,36). The molecule has 1 atom stereocenters. The highest BCUT2D eigenvalue weighted by Gasteiger charge is 2.34. The fourth-order valence-electron chi connectivity index (χ4n) is 4.46. The Bertz CT molecular complexity index is 1520. The molecule has 10 nitrogen and oxygen atoms in total. The van der Waals surface area contributed by atoms with Crippen LogP contribution in [0.4, 0.5) is 5.69 Å². The first-order valence-corrected chi connectivity index (χ1v) is 15.0. The molecule has 0 saturated heterocycles. The highest BCUT2D eigenvalue weighted by molar-refractivity contribution is 7.92. The van der Waals surface area contributed by atoms with Gasteiger partial charge in [-0.15, -0.1) is 0 Å². The molecule has 11 heteroatoms. The minimum atomic E-state index is -4.20. The molecule has 1 N–H and O–H groups in total. The van der Waals surface area contributed by atoms with Crippen LogP contribution >= 0.6 is 0 Å². The molecule has 3 aromatic rings. The van der Waals surface area contributed by atoms with Crippen molar-refractivity contribution < 1.29 is 32.2 Å². The van der Waals surface area contributed by atoms with Crippen molar-refractivity contribution in [2.45, 2.75) is 50.7 Å². The number of ether oxygens (including phenoxy) is 3. The smallest absolute Gasteiger partial charge is 0.264 e. The van der Waals surface area contributed by atoms with E-state index < -0.39 is 34.1 Å². The first-order chi connectivity index (χ1) is 19.9. The summed E-state index contributed by atoms with van der Waals surface area (Å²) in [6.45, 7) is 7.36. The summed E-state index contributed by atoms with van der Waals surface area (Å²) in [7, 11) is -2.66. The Morgan fingerprint density at radius 3 is 2.31 bits per heavy atom. The number of anilines is 1. The Balaban J connectivity index is 1.74. The highest BCUT2D eigenvalue weighted by Crippen LogP contribution is 2.36. The van der Waals surface area contributed by atoms with Crippen molar-refractivity contribution in [3.8, 4) is 17.2 Å². The number of nitrogens with one attached hydrogen (secondary N) is 1. The van der Waals surface area contributed by atoms with Crippen LogP contribution in [0.5, 0.6) is 17.2 Å². The van der Waals surface area contributed by atoms with Crippen LogP contribution in [0.25, 0.3) is 0 Å². The van der Waals surface area contributed by atoms with Crippen molar-refractivity contribution in [1.82, 2.24) is 10.2 Å². The molecular weight excluding hydrogens is 558 g/mol. The zero-order valence-electron chi connectivity index (χ0n) is 24.5. The lowest BCUT2D eigenvalue weighted by atomic mass is 10.1. The van der Waals surface area contributed by atoms with E-state index in [4.69, 9.17) is 14.2 Å². The third-order valence-electron chi connectivity index (χ3n) is 6.58. The van der Waals surface area contributed by atoms with Crippen molar-refractivity contribution >= 4 is 27.5 Å². The van der Waals surface area contributed by atoms with Gasteiger partial charge in [-0.2, -0.15) is 0 Å². The van der Waals surface area contributed by atoms with Gasteiger partial charge < -0.3 is 24.4 Å². The summed E-state index contributed by atoms with van der Waals surface area (Å²) in [4.78, 5) is 28.8.